The number of benzene rings is 1. The molecule has 0 saturated heterocycles. The predicted molar refractivity (Wildman–Crippen MR) is 65.5 cm³/mol. The topological polar surface area (TPSA) is 50.7 Å². The second-order valence-corrected chi connectivity index (χ2v) is 4.13. The number of hydrogen-bond acceptors (Lipinski definition) is 4. The van der Waals surface area contributed by atoms with Gasteiger partial charge in [0.05, 0.1) is 0 Å². The van der Waals surface area contributed by atoms with Crippen molar-refractivity contribution in [2.45, 2.75) is 18.9 Å². The van der Waals surface area contributed by atoms with Crippen LogP contribution in [0.15, 0.2) is 24.3 Å². The average molecular weight is 237 g/mol. The largest absolute Gasteiger partial charge is 0.486 e. The maximum absolute atomic E-state index is 8.65. The van der Waals surface area contributed by atoms with Crippen molar-refractivity contribution in [1.82, 2.24) is 5.32 Å². The number of hydrogen-bond donors (Lipinski definition) is 2. The van der Waals surface area contributed by atoms with Gasteiger partial charge in [-0.25, -0.2) is 0 Å². The third-order valence-corrected chi connectivity index (χ3v) is 2.70. The first-order chi connectivity index (χ1) is 8.40. The zero-order valence-corrected chi connectivity index (χ0v) is 9.89. The molecule has 94 valence electrons. The lowest BCUT2D eigenvalue weighted by atomic mass is 10.2. The number of rotatable bonds is 6. The monoisotopic (exact) mass is 237 g/mol. The van der Waals surface area contributed by atoms with Gasteiger partial charge in [0.25, 0.3) is 0 Å². The first kappa shape index (κ1) is 12.2. The van der Waals surface area contributed by atoms with Crippen molar-refractivity contribution in [3.63, 3.8) is 0 Å². The molecule has 1 aliphatic heterocycles. The van der Waals surface area contributed by atoms with Gasteiger partial charge in [0.1, 0.15) is 12.7 Å². The Morgan fingerprint density at radius 1 is 1.24 bits per heavy atom. The second-order valence-electron chi connectivity index (χ2n) is 4.13. The SMILES string of the molecule is OCCCCNCC1COc2ccccc2O1. The summed E-state index contributed by atoms with van der Waals surface area (Å²) in [5.74, 6) is 1.64. The number of aliphatic hydroxyl groups excluding tert-OH is 1. The Balaban J connectivity index is 1.71. The van der Waals surface area contributed by atoms with Crippen LogP contribution in [0.1, 0.15) is 12.8 Å². The molecule has 1 aliphatic rings. The van der Waals surface area contributed by atoms with E-state index in [9.17, 15) is 0 Å². The molecule has 2 N–H and O–H groups in total. The van der Waals surface area contributed by atoms with Crippen molar-refractivity contribution >= 4 is 0 Å². The number of ether oxygens (including phenoxy) is 2. The number of nitrogens with one attached hydrogen (secondary N) is 1. The summed E-state index contributed by atoms with van der Waals surface area (Å²) in [6, 6.07) is 7.72. The zero-order valence-electron chi connectivity index (χ0n) is 9.89. The van der Waals surface area contributed by atoms with Crippen LogP contribution in [0.3, 0.4) is 0 Å². The minimum Gasteiger partial charge on any atom is -0.486 e. The first-order valence-electron chi connectivity index (χ1n) is 6.10. The maximum Gasteiger partial charge on any atom is 0.161 e. The highest BCUT2D eigenvalue weighted by atomic mass is 16.6. The Bertz CT molecular complexity index is 343. The Morgan fingerprint density at radius 3 is 2.88 bits per heavy atom. The molecular weight excluding hydrogens is 218 g/mol. The van der Waals surface area contributed by atoms with Crippen molar-refractivity contribution in [3.05, 3.63) is 24.3 Å². The summed E-state index contributed by atoms with van der Waals surface area (Å²) in [4.78, 5) is 0. The molecule has 17 heavy (non-hydrogen) atoms. The smallest absolute Gasteiger partial charge is 0.161 e. The second kappa shape index (κ2) is 6.47. The van der Waals surface area contributed by atoms with Crippen LogP contribution in [-0.2, 0) is 0 Å². The Morgan fingerprint density at radius 2 is 2.06 bits per heavy atom. The van der Waals surface area contributed by atoms with Crippen molar-refractivity contribution in [2.75, 3.05) is 26.3 Å². The van der Waals surface area contributed by atoms with E-state index in [-0.39, 0.29) is 12.7 Å². The molecule has 0 amide bonds. The summed E-state index contributed by atoms with van der Waals surface area (Å²) in [6.07, 6.45) is 1.90. The molecule has 4 heteroatoms. The third kappa shape index (κ3) is 3.61. The van der Waals surface area contributed by atoms with Gasteiger partial charge in [0.15, 0.2) is 11.5 Å². The maximum atomic E-state index is 8.65. The number of unbranched alkanes of at least 4 members (excludes halogenated alkanes) is 1. The molecule has 0 saturated carbocycles. The van der Waals surface area contributed by atoms with Crippen LogP contribution in [0.25, 0.3) is 0 Å². The van der Waals surface area contributed by atoms with Gasteiger partial charge in [-0.1, -0.05) is 12.1 Å². The molecule has 0 aromatic heterocycles. The van der Waals surface area contributed by atoms with Gasteiger partial charge >= 0.3 is 0 Å². The van der Waals surface area contributed by atoms with Gasteiger partial charge in [-0.2, -0.15) is 0 Å². The molecule has 1 aromatic carbocycles. The average Bonchev–Trinajstić information content (AvgIpc) is 2.38. The molecule has 4 nitrogen and oxygen atoms in total. The fourth-order valence-corrected chi connectivity index (χ4v) is 1.79. The van der Waals surface area contributed by atoms with Gasteiger partial charge in [-0.15, -0.1) is 0 Å². The highest BCUT2D eigenvalue weighted by Crippen LogP contribution is 2.30. The normalized spacial score (nSPS) is 18.1. The molecule has 0 fully saturated rings. The molecule has 0 radical (unpaired) electrons. The lowest BCUT2D eigenvalue weighted by Crippen LogP contribution is -2.38. The van der Waals surface area contributed by atoms with Gasteiger partial charge in [0, 0.05) is 13.2 Å². The summed E-state index contributed by atoms with van der Waals surface area (Å²) in [6.45, 7) is 2.53. The van der Waals surface area contributed by atoms with E-state index in [1.807, 2.05) is 24.3 Å². The Labute approximate surface area is 102 Å². The van der Waals surface area contributed by atoms with Gasteiger partial charge in [-0.05, 0) is 31.5 Å². The van der Waals surface area contributed by atoms with E-state index in [0.717, 1.165) is 37.4 Å². The number of para-hydroxylation sites is 2. The minimum atomic E-state index is 0.0685. The molecule has 1 heterocycles. The van der Waals surface area contributed by atoms with Crippen LogP contribution in [-0.4, -0.2) is 37.5 Å². The van der Waals surface area contributed by atoms with Gasteiger partial charge < -0.3 is 19.9 Å². The minimum absolute atomic E-state index is 0.0685. The van der Waals surface area contributed by atoms with Gasteiger partial charge in [0.2, 0.25) is 0 Å². The van der Waals surface area contributed by atoms with Crippen molar-refractivity contribution in [3.8, 4) is 11.5 Å². The van der Waals surface area contributed by atoms with Crippen molar-refractivity contribution in [2.24, 2.45) is 0 Å². The highest BCUT2D eigenvalue weighted by molar-refractivity contribution is 5.40. The van der Waals surface area contributed by atoms with Crippen LogP contribution in [0.4, 0.5) is 0 Å². The van der Waals surface area contributed by atoms with E-state index in [0.29, 0.717) is 6.61 Å². The number of fused-ring (bicyclic) bond motifs is 1. The van der Waals surface area contributed by atoms with Crippen molar-refractivity contribution in [1.29, 1.82) is 0 Å². The summed E-state index contributed by atoms with van der Waals surface area (Å²) in [5.41, 5.74) is 0. The first-order valence-corrected chi connectivity index (χ1v) is 6.10. The van der Waals surface area contributed by atoms with Crippen LogP contribution in [0, 0.1) is 0 Å². The molecule has 2 rings (SSSR count). The lowest BCUT2D eigenvalue weighted by Gasteiger charge is -2.26. The number of aliphatic hydroxyl groups is 1. The quantitative estimate of drug-likeness (QED) is 0.730. The summed E-state index contributed by atoms with van der Waals surface area (Å²) >= 11 is 0. The summed E-state index contributed by atoms with van der Waals surface area (Å²) in [5, 5.41) is 12.0. The van der Waals surface area contributed by atoms with Crippen LogP contribution in [0.2, 0.25) is 0 Å². The van der Waals surface area contributed by atoms with E-state index < -0.39 is 0 Å². The summed E-state index contributed by atoms with van der Waals surface area (Å²) in [7, 11) is 0. The zero-order chi connectivity index (χ0) is 11.9. The van der Waals surface area contributed by atoms with E-state index in [1.165, 1.54) is 0 Å². The fourth-order valence-electron chi connectivity index (χ4n) is 1.79. The lowest BCUT2D eigenvalue weighted by molar-refractivity contribution is 0.0904. The summed E-state index contributed by atoms with van der Waals surface area (Å²) < 4.78 is 11.4. The molecule has 1 atom stereocenters. The molecular formula is C13H19NO3. The third-order valence-electron chi connectivity index (χ3n) is 2.70. The highest BCUT2D eigenvalue weighted by Gasteiger charge is 2.19. The standard InChI is InChI=1S/C13H19NO3/c15-8-4-3-7-14-9-11-10-16-12-5-1-2-6-13(12)17-11/h1-2,5-6,11,14-15H,3-4,7-10H2. The fraction of sp³-hybridized carbons (Fsp3) is 0.538. The molecule has 1 aromatic rings. The van der Waals surface area contributed by atoms with E-state index in [4.69, 9.17) is 14.6 Å². The van der Waals surface area contributed by atoms with Crippen LogP contribution < -0.4 is 14.8 Å². The van der Waals surface area contributed by atoms with Crippen molar-refractivity contribution < 1.29 is 14.6 Å². The predicted octanol–water partition coefficient (Wildman–Crippen LogP) is 1.19. The van der Waals surface area contributed by atoms with E-state index >= 15 is 0 Å². The molecule has 0 bridgehead atoms. The molecule has 1 unspecified atom stereocenters. The van der Waals surface area contributed by atoms with E-state index in [1.54, 1.807) is 0 Å². The Kier molecular flexibility index (Phi) is 4.64. The van der Waals surface area contributed by atoms with Crippen LogP contribution in [0.5, 0.6) is 11.5 Å². The molecule has 0 spiro atoms. The van der Waals surface area contributed by atoms with E-state index in [2.05, 4.69) is 5.32 Å². The van der Waals surface area contributed by atoms with Gasteiger partial charge in [-0.3, -0.25) is 0 Å². The molecule has 0 aliphatic carbocycles. The Hall–Kier alpha value is -1.26. The van der Waals surface area contributed by atoms with Crippen LogP contribution >= 0.6 is 0 Å².